The van der Waals surface area contributed by atoms with Crippen LogP contribution in [-0.4, -0.2) is 20.9 Å². The van der Waals surface area contributed by atoms with Gasteiger partial charge in [0.25, 0.3) is 0 Å². The van der Waals surface area contributed by atoms with E-state index in [-0.39, 0.29) is 27.1 Å². The van der Waals surface area contributed by atoms with Crippen molar-refractivity contribution in [1.82, 2.24) is 9.78 Å². The number of benzene rings is 1. The predicted molar refractivity (Wildman–Crippen MR) is 85.8 cm³/mol. The number of allylic oxidation sites excluding steroid dienone is 1. The van der Waals surface area contributed by atoms with Gasteiger partial charge in [0, 0.05) is 11.8 Å². The number of carboxylic acid groups (broad SMARTS) is 1. The highest BCUT2D eigenvalue weighted by molar-refractivity contribution is 6.42. The van der Waals surface area contributed by atoms with E-state index in [1.165, 1.54) is 25.1 Å². The van der Waals surface area contributed by atoms with Crippen LogP contribution in [-0.2, 0) is 11.0 Å². The molecule has 0 saturated carbocycles. The number of rotatable bonds is 2. The number of carbonyl (C=O) groups is 1. The first-order valence-corrected chi connectivity index (χ1v) is 7.68. The van der Waals surface area contributed by atoms with E-state index in [4.69, 9.17) is 23.2 Å². The summed E-state index contributed by atoms with van der Waals surface area (Å²) in [6.07, 6.45) is -4.66. The molecule has 1 aliphatic heterocycles. The van der Waals surface area contributed by atoms with Crippen LogP contribution in [0.15, 0.2) is 35.5 Å². The lowest BCUT2D eigenvalue weighted by Crippen LogP contribution is -2.28. The number of carboxylic acids is 1. The maximum atomic E-state index is 13.0. The van der Waals surface area contributed by atoms with Gasteiger partial charge in [0.05, 0.1) is 15.6 Å². The monoisotopic (exact) mass is 391 g/mol. The number of hydrogen-bond acceptors (Lipinski definition) is 3. The zero-order valence-electron chi connectivity index (χ0n) is 12.5. The van der Waals surface area contributed by atoms with Gasteiger partial charge in [-0.3, -0.25) is 0 Å². The number of alkyl halides is 3. The van der Waals surface area contributed by atoms with Crippen molar-refractivity contribution in [2.75, 3.05) is 5.32 Å². The molecule has 0 bridgehead atoms. The fraction of sp³-hybridized carbons (Fsp3) is 0.200. The van der Waals surface area contributed by atoms with Crippen molar-refractivity contribution in [1.29, 1.82) is 0 Å². The minimum Gasteiger partial charge on any atom is -0.478 e. The van der Waals surface area contributed by atoms with Gasteiger partial charge in [0.15, 0.2) is 5.69 Å². The Balaban J connectivity index is 2.23. The Bertz CT molecular complexity index is 906. The molecule has 0 amide bonds. The second kappa shape index (κ2) is 5.96. The third-order valence-electron chi connectivity index (χ3n) is 3.75. The quantitative estimate of drug-likeness (QED) is 0.785. The Morgan fingerprint density at radius 1 is 1.28 bits per heavy atom. The van der Waals surface area contributed by atoms with Crippen molar-refractivity contribution >= 4 is 35.0 Å². The first-order chi connectivity index (χ1) is 11.6. The van der Waals surface area contributed by atoms with Gasteiger partial charge in [0.2, 0.25) is 0 Å². The van der Waals surface area contributed by atoms with Crippen LogP contribution in [0.5, 0.6) is 0 Å². The van der Waals surface area contributed by atoms with Crippen LogP contribution < -0.4 is 5.32 Å². The largest absolute Gasteiger partial charge is 0.478 e. The molecule has 2 N–H and O–H groups in total. The average molecular weight is 392 g/mol. The van der Waals surface area contributed by atoms with Crippen molar-refractivity contribution in [3.63, 3.8) is 0 Å². The summed E-state index contributed by atoms with van der Waals surface area (Å²) in [5.41, 5.74) is -0.697. The third-order valence-corrected chi connectivity index (χ3v) is 4.49. The molecule has 2 heterocycles. The SMILES string of the molecule is CC1=C(C(=O)O)C(c2ccc(Cl)c(Cl)c2)n2nc(C(F)(F)F)cc2N1. The molecule has 0 saturated heterocycles. The molecule has 1 unspecified atom stereocenters. The number of nitrogens with one attached hydrogen (secondary N) is 1. The van der Waals surface area contributed by atoms with Gasteiger partial charge in [-0.05, 0) is 24.6 Å². The standard InChI is InChI=1S/C15H10Cl2F3N3O2/c1-6-12(14(24)25)13(7-2-3-8(16)9(17)4-7)23-11(21-6)5-10(22-23)15(18,19)20/h2-5,13,21H,1H3,(H,24,25). The number of aliphatic carboxylic acids is 1. The number of halogens is 5. The molecular weight excluding hydrogens is 382 g/mol. The lowest BCUT2D eigenvalue weighted by atomic mass is 9.95. The summed E-state index contributed by atoms with van der Waals surface area (Å²) in [6, 6.07) is 4.10. The van der Waals surface area contributed by atoms with Gasteiger partial charge in [-0.2, -0.15) is 18.3 Å². The van der Waals surface area contributed by atoms with Crippen LogP contribution in [0.3, 0.4) is 0 Å². The van der Waals surface area contributed by atoms with Crippen LogP contribution in [0.25, 0.3) is 0 Å². The Morgan fingerprint density at radius 3 is 2.52 bits per heavy atom. The molecule has 25 heavy (non-hydrogen) atoms. The third kappa shape index (κ3) is 3.07. The van der Waals surface area contributed by atoms with Gasteiger partial charge in [-0.25, -0.2) is 9.48 Å². The van der Waals surface area contributed by atoms with Crippen LogP contribution in [0.2, 0.25) is 10.0 Å². The molecule has 1 aromatic carbocycles. The molecule has 132 valence electrons. The molecule has 3 rings (SSSR count). The average Bonchev–Trinajstić information content (AvgIpc) is 2.92. The van der Waals surface area contributed by atoms with Gasteiger partial charge < -0.3 is 10.4 Å². The molecule has 0 aliphatic carbocycles. The number of hydrogen-bond donors (Lipinski definition) is 2. The van der Waals surface area contributed by atoms with E-state index in [1.54, 1.807) is 0 Å². The van der Waals surface area contributed by atoms with Crippen LogP contribution in [0, 0.1) is 0 Å². The second-order valence-electron chi connectivity index (χ2n) is 5.40. The zero-order chi connectivity index (χ0) is 18.5. The molecular formula is C15H10Cl2F3N3O2. The Morgan fingerprint density at radius 2 is 1.96 bits per heavy atom. The van der Waals surface area contributed by atoms with Gasteiger partial charge in [0.1, 0.15) is 11.9 Å². The Kier molecular flexibility index (Phi) is 4.20. The smallest absolute Gasteiger partial charge is 0.435 e. The van der Waals surface area contributed by atoms with E-state index in [1.807, 2.05) is 0 Å². The molecule has 0 fully saturated rings. The first-order valence-electron chi connectivity index (χ1n) is 6.92. The van der Waals surface area contributed by atoms with E-state index in [9.17, 15) is 23.1 Å². The minimum atomic E-state index is -4.66. The fourth-order valence-electron chi connectivity index (χ4n) is 2.68. The highest BCUT2D eigenvalue weighted by Crippen LogP contribution is 2.40. The summed E-state index contributed by atoms with van der Waals surface area (Å²) in [7, 11) is 0. The van der Waals surface area contributed by atoms with E-state index >= 15 is 0 Å². The maximum Gasteiger partial charge on any atom is 0.435 e. The van der Waals surface area contributed by atoms with Gasteiger partial charge in [-0.1, -0.05) is 29.3 Å². The van der Waals surface area contributed by atoms with E-state index in [0.29, 0.717) is 5.56 Å². The van der Waals surface area contributed by atoms with E-state index < -0.39 is 23.9 Å². The summed E-state index contributed by atoms with van der Waals surface area (Å²) >= 11 is 11.8. The first kappa shape index (κ1) is 17.6. The molecule has 1 atom stereocenters. The van der Waals surface area contributed by atoms with Crippen molar-refractivity contribution in [3.8, 4) is 0 Å². The fourth-order valence-corrected chi connectivity index (χ4v) is 2.98. The Labute approximate surface area is 149 Å². The van der Waals surface area contributed by atoms with Crippen LogP contribution in [0.1, 0.15) is 24.2 Å². The second-order valence-corrected chi connectivity index (χ2v) is 6.22. The lowest BCUT2D eigenvalue weighted by Gasteiger charge is -2.28. The maximum absolute atomic E-state index is 13.0. The number of fused-ring (bicyclic) bond motifs is 1. The lowest BCUT2D eigenvalue weighted by molar-refractivity contribution is -0.141. The predicted octanol–water partition coefficient (Wildman–Crippen LogP) is 4.58. The molecule has 1 aliphatic rings. The molecule has 0 spiro atoms. The molecule has 2 aromatic rings. The summed E-state index contributed by atoms with van der Waals surface area (Å²) in [4.78, 5) is 11.7. The molecule has 0 radical (unpaired) electrons. The number of aromatic nitrogens is 2. The van der Waals surface area contributed by atoms with Crippen molar-refractivity contribution in [3.05, 3.63) is 56.8 Å². The summed E-state index contributed by atoms with van der Waals surface area (Å²) < 4.78 is 40.0. The normalized spacial score (nSPS) is 17.3. The van der Waals surface area contributed by atoms with Crippen LogP contribution in [0.4, 0.5) is 19.0 Å². The van der Waals surface area contributed by atoms with Crippen molar-refractivity contribution in [2.24, 2.45) is 0 Å². The topological polar surface area (TPSA) is 67.1 Å². The number of nitrogens with zero attached hydrogens (tertiary/aromatic N) is 2. The van der Waals surface area contributed by atoms with Crippen molar-refractivity contribution < 1.29 is 23.1 Å². The molecule has 5 nitrogen and oxygen atoms in total. The van der Waals surface area contributed by atoms with Crippen LogP contribution >= 0.6 is 23.2 Å². The minimum absolute atomic E-state index is 0.0332. The highest BCUT2D eigenvalue weighted by atomic mass is 35.5. The van der Waals surface area contributed by atoms with Crippen molar-refractivity contribution in [2.45, 2.75) is 19.1 Å². The summed E-state index contributed by atoms with van der Waals surface area (Å²) in [5.74, 6) is -1.25. The van der Waals surface area contributed by atoms with E-state index in [0.717, 1.165) is 10.7 Å². The number of anilines is 1. The Hall–Kier alpha value is -2.19. The highest BCUT2D eigenvalue weighted by Gasteiger charge is 2.39. The zero-order valence-corrected chi connectivity index (χ0v) is 14.0. The summed E-state index contributed by atoms with van der Waals surface area (Å²) in [5, 5.41) is 16.1. The van der Waals surface area contributed by atoms with E-state index in [2.05, 4.69) is 10.4 Å². The summed E-state index contributed by atoms with van der Waals surface area (Å²) in [6.45, 7) is 1.47. The van der Waals surface area contributed by atoms with Gasteiger partial charge in [-0.15, -0.1) is 0 Å². The molecule has 10 heteroatoms. The molecule has 1 aromatic heterocycles. The van der Waals surface area contributed by atoms with Gasteiger partial charge >= 0.3 is 12.1 Å².